The van der Waals surface area contributed by atoms with Crippen LogP contribution in [0.15, 0.2) is 65.6 Å². The smallest absolute Gasteiger partial charge is 0.305 e. The van der Waals surface area contributed by atoms with Crippen LogP contribution in [0.3, 0.4) is 0 Å². The quantitative estimate of drug-likeness (QED) is 0.247. The summed E-state index contributed by atoms with van der Waals surface area (Å²) in [6, 6.07) is 15.6. The Balaban J connectivity index is 1.82. The Kier molecular flexibility index (Phi) is 8.75. The Labute approximate surface area is 208 Å². The van der Waals surface area contributed by atoms with Crippen LogP contribution in [0.2, 0.25) is 0 Å². The van der Waals surface area contributed by atoms with E-state index >= 15 is 0 Å². The van der Waals surface area contributed by atoms with E-state index in [2.05, 4.69) is 10.1 Å². The minimum Gasteiger partial charge on any atom is -0.492 e. The number of carboxylic acids is 1. The number of ether oxygens (including phenoxy) is 1. The molecule has 1 amide bonds. The number of carbonyl (C=O) groups excluding carboxylic acids is 2. The molecule has 3 N–H and O–H groups in total. The number of aldehydes is 1. The third-order valence-corrected chi connectivity index (χ3v) is 6.70. The second-order valence-corrected chi connectivity index (χ2v) is 9.88. The molecule has 0 bridgehead atoms. The van der Waals surface area contributed by atoms with E-state index in [-0.39, 0.29) is 29.4 Å². The Morgan fingerprint density at radius 3 is 2.47 bits per heavy atom. The normalized spacial score (nSPS) is 12.3. The van der Waals surface area contributed by atoms with Gasteiger partial charge < -0.3 is 14.6 Å². The average molecular weight is 514 g/mol. The van der Waals surface area contributed by atoms with Crippen molar-refractivity contribution >= 4 is 39.0 Å². The van der Waals surface area contributed by atoms with Gasteiger partial charge >= 0.3 is 5.97 Å². The molecule has 0 spiro atoms. The SMILES string of the molecule is CN(C)NC(=O)c1cc(CCOc2ccccc2S(=O)(=O)N[C@H](C=O)CC(=O)O)c2ccccc2c1. The summed E-state index contributed by atoms with van der Waals surface area (Å²) >= 11 is 0. The van der Waals surface area contributed by atoms with E-state index in [0.717, 1.165) is 16.3 Å². The highest BCUT2D eigenvalue weighted by Gasteiger charge is 2.25. The van der Waals surface area contributed by atoms with Crippen molar-refractivity contribution in [3.05, 3.63) is 71.8 Å². The number of sulfonamides is 1. The van der Waals surface area contributed by atoms with Crippen LogP contribution in [0.5, 0.6) is 5.75 Å². The molecule has 36 heavy (non-hydrogen) atoms. The fraction of sp³-hybridized carbons (Fsp3) is 0.240. The molecule has 0 unspecified atom stereocenters. The molecule has 1 atom stereocenters. The number of hydrogen-bond donors (Lipinski definition) is 3. The van der Waals surface area contributed by atoms with Gasteiger partial charge in [-0.1, -0.05) is 36.4 Å². The first-order valence-corrected chi connectivity index (χ1v) is 12.5. The highest BCUT2D eigenvalue weighted by molar-refractivity contribution is 7.89. The molecule has 0 aliphatic rings. The highest BCUT2D eigenvalue weighted by atomic mass is 32.2. The number of rotatable bonds is 12. The minimum atomic E-state index is -4.23. The van der Waals surface area contributed by atoms with Gasteiger partial charge in [0, 0.05) is 26.1 Å². The third kappa shape index (κ3) is 6.87. The number of amides is 1. The van der Waals surface area contributed by atoms with E-state index in [9.17, 15) is 22.8 Å². The molecule has 0 heterocycles. The number of hydrogen-bond acceptors (Lipinski definition) is 7. The predicted octanol–water partition coefficient (Wildman–Crippen LogP) is 1.99. The fourth-order valence-corrected chi connectivity index (χ4v) is 4.94. The number of nitrogens with one attached hydrogen (secondary N) is 2. The van der Waals surface area contributed by atoms with Gasteiger partial charge in [-0.3, -0.25) is 15.0 Å². The van der Waals surface area contributed by atoms with Gasteiger partial charge in [0.25, 0.3) is 5.91 Å². The number of carbonyl (C=O) groups is 3. The topological polar surface area (TPSA) is 142 Å². The van der Waals surface area contributed by atoms with E-state index in [4.69, 9.17) is 9.84 Å². The second kappa shape index (κ2) is 11.8. The zero-order valence-electron chi connectivity index (χ0n) is 19.8. The van der Waals surface area contributed by atoms with Crippen molar-refractivity contribution in [3.8, 4) is 5.75 Å². The van der Waals surface area contributed by atoms with Crippen molar-refractivity contribution in [2.24, 2.45) is 0 Å². The first kappa shape index (κ1) is 26.8. The number of hydrazine groups is 1. The molecule has 0 aliphatic carbocycles. The van der Waals surface area contributed by atoms with E-state index in [1.165, 1.54) is 18.2 Å². The summed E-state index contributed by atoms with van der Waals surface area (Å²) < 4.78 is 33.6. The molecule has 0 fully saturated rings. The van der Waals surface area contributed by atoms with Gasteiger partial charge in [-0.2, -0.15) is 0 Å². The Hall–Kier alpha value is -3.80. The molecule has 3 aromatic rings. The minimum absolute atomic E-state index is 0.0517. The summed E-state index contributed by atoms with van der Waals surface area (Å²) in [5.74, 6) is -1.52. The van der Waals surface area contributed by atoms with Crippen molar-refractivity contribution in [1.29, 1.82) is 0 Å². The maximum atomic E-state index is 12.8. The molecule has 0 radical (unpaired) electrons. The Bertz CT molecular complexity index is 1370. The fourth-order valence-electron chi connectivity index (χ4n) is 3.63. The monoisotopic (exact) mass is 513 g/mol. The summed E-state index contributed by atoms with van der Waals surface area (Å²) in [5, 5.41) is 12.3. The molecule has 11 heteroatoms. The maximum Gasteiger partial charge on any atom is 0.305 e. The Morgan fingerprint density at radius 1 is 1.08 bits per heavy atom. The lowest BCUT2D eigenvalue weighted by Crippen LogP contribution is -2.37. The summed E-state index contributed by atoms with van der Waals surface area (Å²) in [6.07, 6.45) is -0.0718. The van der Waals surface area contributed by atoms with Crippen LogP contribution in [-0.2, 0) is 26.0 Å². The maximum absolute atomic E-state index is 12.8. The average Bonchev–Trinajstić information content (AvgIpc) is 2.82. The van der Waals surface area contributed by atoms with E-state index in [1.54, 1.807) is 37.3 Å². The Morgan fingerprint density at radius 2 is 1.78 bits per heavy atom. The molecular formula is C25H27N3O7S. The molecule has 0 aliphatic heterocycles. The van der Waals surface area contributed by atoms with Crippen molar-refractivity contribution < 1.29 is 32.6 Å². The van der Waals surface area contributed by atoms with Crippen LogP contribution in [0.1, 0.15) is 22.3 Å². The first-order chi connectivity index (χ1) is 17.1. The summed E-state index contributed by atoms with van der Waals surface area (Å²) in [5.41, 5.74) is 4.04. The number of fused-ring (bicyclic) bond motifs is 1. The van der Waals surface area contributed by atoms with Crippen molar-refractivity contribution in [3.63, 3.8) is 0 Å². The second-order valence-electron chi connectivity index (χ2n) is 8.20. The van der Waals surface area contributed by atoms with Crippen LogP contribution < -0.4 is 14.9 Å². The van der Waals surface area contributed by atoms with Gasteiger partial charge in [0.05, 0.1) is 19.1 Å². The van der Waals surface area contributed by atoms with Crippen molar-refractivity contribution in [2.45, 2.75) is 23.8 Å². The highest BCUT2D eigenvalue weighted by Crippen LogP contribution is 2.25. The van der Waals surface area contributed by atoms with E-state index in [1.807, 2.05) is 24.3 Å². The van der Waals surface area contributed by atoms with Crippen molar-refractivity contribution in [1.82, 2.24) is 15.2 Å². The zero-order valence-corrected chi connectivity index (χ0v) is 20.6. The molecule has 3 rings (SSSR count). The van der Waals surface area contributed by atoms with Crippen LogP contribution >= 0.6 is 0 Å². The number of benzene rings is 3. The van der Waals surface area contributed by atoms with E-state index < -0.39 is 28.5 Å². The molecule has 0 aromatic heterocycles. The number of nitrogens with zero attached hydrogens (tertiary/aromatic N) is 1. The van der Waals surface area contributed by atoms with E-state index in [0.29, 0.717) is 12.0 Å². The van der Waals surface area contributed by atoms with Crippen LogP contribution in [0.25, 0.3) is 10.8 Å². The molecule has 0 saturated heterocycles. The molecule has 190 valence electrons. The summed E-state index contributed by atoms with van der Waals surface area (Å²) in [6.45, 7) is 0.0987. The van der Waals surface area contributed by atoms with Crippen LogP contribution in [0.4, 0.5) is 0 Å². The largest absolute Gasteiger partial charge is 0.492 e. The van der Waals surface area contributed by atoms with Gasteiger partial charge in [-0.25, -0.2) is 18.1 Å². The van der Waals surface area contributed by atoms with Crippen LogP contribution in [-0.4, -0.2) is 63.4 Å². The lowest BCUT2D eigenvalue weighted by molar-refractivity contribution is -0.138. The third-order valence-electron chi connectivity index (χ3n) is 5.17. The lowest BCUT2D eigenvalue weighted by Gasteiger charge is -2.16. The molecule has 0 saturated carbocycles. The van der Waals surface area contributed by atoms with Gasteiger partial charge in [-0.05, 0) is 40.6 Å². The molecule has 3 aromatic carbocycles. The molecule has 10 nitrogen and oxygen atoms in total. The number of aliphatic carboxylic acids is 1. The van der Waals surface area contributed by atoms with Gasteiger partial charge in [0.2, 0.25) is 10.0 Å². The predicted molar refractivity (Wildman–Crippen MR) is 133 cm³/mol. The van der Waals surface area contributed by atoms with Crippen LogP contribution in [0, 0.1) is 0 Å². The zero-order chi connectivity index (χ0) is 26.3. The number of para-hydroxylation sites is 1. The summed E-state index contributed by atoms with van der Waals surface area (Å²) in [4.78, 5) is 34.4. The standard InChI is InChI=1S/C25H27N3O7S/c1-28(2)26-25(32)19-13-17-7-3-4-8-21(17)18(14-19)11-12-35-22-9-5-6-10-23(22)36(33,34)27-20(16-29)15-24(30)31/h3-10,13-14,16,20,27H,11-12,15H2,1-2H3,(H,26,32)(H,30,31)/t20-/m0/s1. The van der Waals surface area contributed by atoms with Gasteiger partial charge in [-0.15, -0.1) is 0 Å². The van der Waals surface area contributed by atoms with Gasteiger partial charge in [0.1, 0.15) is 16.9 Å². The lowest BCUT2D eigenvalue weighted by atomic mass is 9.98. The van der Waals surface area contributed by atoms with Gasteiger partial charge in [0.15, 0.2) is 0 Å². The summed E-state index contributed by atoms with van der Waals surface area (Å²) in [7, 11) is -0.804. The molecular weight excluding hydrogens is 486 g/mol. The van der Waals surface area contributed by atoms with Crippen molar-refractivity contribution in [2.75, 3.05) is 20.7 Å². The first-order valence-electron chi connectivity index (χ1n) is 11.0. The number of carboxylic acid groups (broad SMARTS) is 1.